The van der Waals surface area contributed by atoms with E-state index >= 15 is 0 Å². The van der Waals surface area contributed by atoms with E-state index in [9.17, 15) is 9.18 Å². The van der Waals surface area contributed by atoms with Crippen LogP contribution in [-0.2, 0) is 6.54 Å². The maximum atomic E-state index is 13.1. The molecule has 2 heterocycles. The third-order valence-corrected chi connectivity index (χ3v) is 4.74. The van der Waals surface area contributed by atoms with E-state index in [1.807, 2.05) is 30.9 Å². The Morgan fingerprint density at radius 1 is 1.19 bits per heavy atom. The summed E-state index contributed by atoms with van der Waals surface area (Å²) < 4.78 is 14.9. The van der Waals surface area contributed by atoms with Gasteiger partial charge in [0, 0.05) is 24.5 Å². The largest absolute Gasteiger partial charge is 0.331 e. The van der Waals surface area contributed by atoms with Gasteiger partial charge in [-0.1, -0.05) is 12.1 Å². The summed E-state index contributed by atoms with van der Waals surface area (Å²) in [4.78, 5) is 19.3. The average molecular weight is 364 g/mol. The predicted octanol–water partition coefficient (Wildman–Crippen LogP) is 3.83. The Hall–Kier alpha value is -3.02. The molecular formula is C21H21FN4O. The molecule has 0 saturated heterocycles. The summed E-state index contributed by atoms with van der Waals surface area (Å²) in [7, 11) is 0. The monoisotopic (exact) mass is 364 g/mol. The molecule has 1 amide bonds. The highest BCUT2D eigenvalue weighted by Crippen LogP contribution is 2.30. The second-order valence-corrected chi connectivity index (χ2v) is 7.03. The zero-order valence-corrected chi connectivity index (χ0v) is 15.4. The van der Waals surface area contributed by atoms with Crippen LogP contribution in [0, 0.1) is 19.7 Å². The van der Waals surface area contributed by atoms with E-state index in [1.165, 1.54) is 12.1 Å². The molecule has 2 aromatic heterocycles. The van der Waals surface area contributed by atoms with Crippen LogP contribution in [0.15, 0.2) is 48.7 Å². The molecule has 6 heteroatoms. The summed E-state index contributed by atoms with van der Waals surface area (Å²) in [6, 6.07) is 12.1. The number of nitrogens with zero attached hydrogens (tertiary/aromatic N) is 4. The second-order valence-electron chi connectivity index (χ2n) is 7.03. The van der Waals surface area contributed by atoms with Gasteiger partial charge >= 0.3 is 0 Å². The molecule has 0 bridgehead atoms. The van der Waals surface area contributed by atoms with Crippen molar-refractivity contribution in [2.75, 3.05) is 0 Å². The molecule has 0 aliphatic heterocycles. The SMILES string of the molecule is Cc1cc(C)n(-c2ccc(C(=O)N(Cc3ccc(F)cc3)C3CC3)cn2)n1. The van der Waals surface area contributed by atoms with Crippen molar-refractivity contribution < 1.29 is 9.18 Å². The molecule has 0 atom stereocenters. The summed E-state index contributed by atoms with van der Waals surface area (Å²) in [6.07, 6.45) is 3.61. The number of hydrogen-bond donors (Lipinski definition) is 0. The topological polar surface area (TPSA) is 51.0 Å². The summed E-state index contributed by atoms with van der Waals surface area (Å²) in [5.41, 5.74) is 3.39. The minimum Gasteiger partial charge on any atom is -0.331 e. The lowest BCUT2D eigenvalue weighted by Crippen LogP contribution is -2.32. The van der Waals surface area contributed by atoms with Gasteiger partial charge in [-0.05, 0) is 62.6 Å². The third-order valence-electron chi connectivity index (χ3n) is 4.74. The summed E-state index contributed by atoms with van der Waals surface area (Å²) >= 11 is 0. The van der Waals surface area contributed by atoms with Crippen molar-refractivity contribution in [1.82, 2.24) is 19.7 Å². The smallest absolute Gasteiger partial charge is 0.255 e. The second kappa shape index (κ2) is 6.95. The number of benzene rings is 1. The molecule has 0 unspecified atom stereocenters. The highest BCUT2D eigenvalue weighted by Gasteiger charge is 2.33. The minimum atomic E-state index is -0.271. The molecule has 0 radical (unpaired) electrons. The number of aryl methyl sites for hydroxylation is 2. The number of carbonyl (C=O) groups excluding carboxylic acids is 1. The molecule has 5 nitrogen and oxygen atoms in total. The first-order chi connectivity index (χ1) is 13.0. The zero-order chi connectivity index (χ0) is 19.0. The number of aromatic nitrogens is 3. The highest BCUT2D eigenvalue weighted by molar-refractivity contribution is 5.94. The van der Waals surface area contributed by atoms with E-state index in [0.717, 1.165) is 29.8 Å². The van der Waals surface area contributed by atoms with Crippen molar-refractivity contribution in [3.8, 4) is 5.82 Å². The van der Waals surface area contributed by atoms with Gasteiger partial charge in [0.15, 0.2) is 5.82 Å². The van der Waals surface area contributed by atoms with Gasteiger partial charge in [-0.3, -0.25) is 4.79 Å². The first kappa shape index (κ1) is 17.4. The van der Waals surface area contributed by atoms with Gasteiger partial charge in [0.2, 0.25) is 0 Å². The Morgan fingerprint density at radius 3 is 2.48 bits per heavy atom. The van der Waals surface area contributed by atoms with Crippen molar-refractivity contribution in [3.63, 3.8) is 0 Å². The molecular weight excluding hydrogens is 343 g/mol. The van der Waals surface area contributed by atoms with Gasteiger partial charge in [-0.25, -0.2) is 14.1 Å². The molecule has 1 aliphatic rings. The number of halogens is 1. The molecule has 138 valence electrons. The molecule has 1 saturated carbocycles. The molecule has 1 aliphatic carbocycles. The van der Waals surface area contributed by atoms with Crippen LogP contribution < -0.4 is 0 Å². The molecule has 0 spiro atoms. The van der Waals surface area contributed by atoms with Crippen molar-refractivity contribution in [3.05, 3.63) is 77.0 Å². The lowest BCUT2D eigenvalue weighted by molar-refractivity contribution is 0.0729. The van der Waals surface area contributed by atoms with Gasteiger partial charge in [0.1, 0.15) is 5.82 Å². The third kappa shape index (κ3) is 3.74. The number of carbonyl (C=O) groups is 1. The summed E-state index contributed by atoms with van der Waals surface area (Å²) in [5.74, 6) is 0.370. The Balaban J connectivity index is 1.54. The maximum Gasteiger partial charge on any atom is 0.255 e. The molecule has 1 fully saturated rings. The van der Waals surface area contributed by atoms with Crippen molar-refractivity contribution in [1.29, 1.82) is 0 Å². The minimum absolute atomic E-state index is 0.0470. The van der Waals surface area contributed by atoms with Crippen LogP contribution in [0.4, 0.5) is 4.39 Å². The maximum absolute atomic E-state index is 13.1. The van der Waals surface area contributed by atoms with Crippen molar-refractivity contribution >= 4 is 5.91 Å². The van der Waals surface area contributed by atoms with Gasteiger partial charge in [0.05, 0.1) is 11.3 Å². The van der Waals surface area contributed by atoms with Crippen LogP contribution in [0.3, 0.4) is 0 Å². The fourth-order valence-corrected chi connectivity index (χ4v) is 3.20. The molecule has 27 heavy (non-hydrogen) atoms. The van der Waals surface area contributed by atoms with Gasteiger partial charge in [-0.2, -0.15) is 5.10 Å². The Bertz CT molecular complexity index is 959. The fourth-order valence-electron chi connectivity index (χ4n) is 3.20. The predicted molar refractivity (Wildman–Crippen MR) is 100 cm³/mol. The van der Waals surface area contributed by atoms with E-state index in [1.54, 1.807) is 29.1 Å². The summed E-state index contributed by atoms with van der Waals surface area (Å²) in [6.45, 7) is 4.38. The highest BCUT2D eigenvalue weighted by atomic mass is 19.1. The molecule has 0 N–H and O–H groups in total. The van der Waals surface area contributed by atoms with Crippen LogP contribution >= 0.6 is 0 Å². The lowest BCUT2D eigenvalue weighted by atomic mass is 10.1. The van der Waals surface area contributed by atoms with Gasteiger partial charge in [-0.15, -0.1) is 0 Å². The Morgan fingerprint density at radius 2 is 1.93 bits per heavy atom. The Labute approximate surface area is 157 Å². The van der Waals surface area contributed by atoms with Crippen LogP contribution in [0.5, 0.6) is 0 Å². The quantitative estimate of drug-likeness (QED) is 0.691. The van der Waals surface area contributed by atoms with Crippen LogP contribution in [0.2, 0.25) is 0 Å². The van der Waals surface area contributed by atoms with Crippen molar-refractivity contribution in [2.45, 2.75) is 39.3 Å². The first-order valence-electron chi connectivity index (χ1n) is 9.06. The van der Waals surface area contributed by atoms with Crippen LogP contribution in [-0.4, -0.2) is 31.6 Å². The van der Waals surface area contributed by atoms with Crippen molar-refractivity contribution in [2.24, 2.45) is 0 Å². The van der Waals surface area contributed by atoms with E-state index in [-0.39, 0.29) is 17.8 Å². The first-order valence-corrected chi connectivity index (χ1v) is 9.06. The van der Waals surface area contributed by atoms with E-state index in [4.69, 9.17) is 0 Å². The fraction of sp³-hybridized carbons (Fsp3) is 0.286. The number of rotatable bonds is 5. The molecule has 3 aromatic rings. The lowest BCUT2D eigenvalue weighted by Gasteiger charge is -2.22. The van der Waals surface area contributed by atoms with Crippen LogP contribution in [0.1, 0.15) is 40.2 Å². The van der Waals surface area contributed by atoms with Gasteiger partial charge in [0.25, 0.3) is 5.91 Å². The van der Waals surface area contributed by atoms with E-state index < -0.39 is 0 Å². The van der Waals surface area contributed by atoms with Gasteiger partial charge < -0.3 is 4.90 Å². The Kier molecular flexibility index (Phi) is 4.48. The molecule has 4 rings (SSSR count). The summed E-state index contributed by atoms with van der Waals surface area (Å²) in [5, 5.41) is 4.42. The number of hydrogen-bond acceptors (Lipinski definition) is 3. The molecule has 1 aromatic carbocycles. The van der Waals surface area contributed by atoms with Crippen LogP contribution in [0.25, 0.3) is 5.82 Å². The standard InChI is InChI=1S/C21H21FN4O/c1-14-11-15(2)26(24-14)20-10-5-17(12-23-20)21(27)25(19-8-9-19)13-16-3-6-18(22)7-4-16/h3-7,10-12,19H,8-9,13H2,1-2H3. The number of pyridine rings is 1. The average Bonchev–Trinajstić information content (AvgIpc) is 3.45. The zero-order valence-electron chi connectivity index (χ0n) is 15.4. The van der Waals surface area contributed by atoms with E-state index in [0.29, 0.717) is 17.9 Å². The number of amides is 1. The normalized spacial score (nSPS) is 13.6. The van der Waals surface area contributed by atoms with E-state index in [2.05, 4.69) is 10.1 Å².